The number of nitrogens with zero attached hydrogens (tertiary/aromatic N) is 2. The molecule has 3 aromatic rings. The van der Waals surface area contributed by atoms with E-state index in [1.165, 1.54) is 5.56 Å². The van der Waals surface area contributed by atoms with Gasteiger partial charge in [0, 0.05) is 28.2 Å². The van der Waals surface area contributed by atoms with Crippen molar-refractivity contribution in [2.45, 2.75) is 27.7 Å². The molecule has 0 radical (unpaired) electrons. The Balaban J connectivity index is 1.81. The van der Waals surface area contributed by atoms with Gasteiger partial charge in [-0.05, 0) is 57.5 Å². The third-order valence-electron chi connectivity index (χ3n) is 4.48. The fourth-order valence-electron chi connectivity index (χ4n) is 3.11. The maximum absolute atomic E-state index is 12.2. The van der Waals surface area contributed by atoms with E-state index in [2.05, 4.69) is 54.1 Å². The van der Waals surface area contributed by atoms with E-state index < -0.39 is 0 Å². The number of rotatable bonds is 4. The minimum Gasteiger partial charge on any atom is -0.318 e. The first-order valence-corrected chi connectivity index (χ1v) is 8.62. The minimum atomic E-state index is -0.210. The average Bonchev–Trinajstić information content (AvgIpc) is 2.89. The predicted molar refractivity (Wildman–Crippen MR) is 106 cm³/mol. The van der Waals surface area contributed by atoms with Crippen LogP contribution in [0.15, 0.2) is 59.7 Å². The summed E-state index contributed by atoms with van der Waals surface area (Å²) in [5, 5.41) is 4.14. The van der Waals surface area contributed by atoms with E-state index in [1.54, 1.807) is 12.3 Å². The fraction of sp³-hybridized carbons (Fsp3) is 0.182. The Bertz CT molecular complexity index is 983. The number of para-hydroxylation sites is 1. The van der Waals surface area contributed by atoms with Crippen LogP contribution in [0.3, 0.4) is 0 Å². The van der Waals surface area contributed by atoms with Crippen molar-refractivity contribution in [2.75, 3.05) is 0 Å². The molecule has 0 aliphatic carbocycles. The smallest absolute Gasteiger partial charge is 0.271 e. The van der Waals surface area contributed by atoms with Gasteiger partial charge in [0.25, 0.3) is 5.91 Å². The Hall–Kier alpha value is -3.14. The lowest BCUT2D eigenvalue weighted by atomic mass is 10.1. The van der Waals surface area contributed by atoms with Crippen LogP contribution >= 0.6 is 0 Å². The van der Waals surface area contributed by atoms with E-state index in [9.17, 15) is 4.79 Å². The van der Waals surface area contributed by atoms with Gasteiger partial charge < -0.3 is 4.57 Å². The summed E-state index contributed by atoms with van der Waals surface area (Å²) in [6, 6.07) is 17.8. The number of hydrogen-bond acceptors (Lipinski definition) is 2. The molecule has 0 saturated carbocycles. The number of aromatic nitrogens is 1. The summed E-state index contributed by atoms with van der Waals surface area (Å²) >= 11 is 0. The number of carbonyl (C=O) groups excluding carboxylic acids is 1. The highest BCUT2D eigenvalue weighted by molar-refractivity contribution is 5.95. The molecule has 0 atom stereocenters. The van der Waals surface area contributed by atoms with Gasteiger partial charge in [0.2, 0.25) is 0 Å². The Kier molecular flexibility index (Phi) is 5.03. The van der Waals surface area contributed by atoms with Crippen molar-refractivity contribution in [1.82, 2.24) is 9.99 Å². The van der Waals surface area contributed by atoms with Crippen LogP contribution in [0.25, 0.3) is 5.69 Å². The third kappa shape index (κ3) is 3.59. The standard InChI is InChI=1S/C22H23N3O/c1-15-8-7-10-19(12-15)22(26)24-23-14-20-13-17(3)25(18(20)4)21-11-6-5-9-16(21)2/h5-14H,1-4H3,(H,24,26)/b23-14-. The molecule has 132 valence electrons. The largest absolute Gasteiger partial charge is 0.318 e. The molecule has 1 heterocycles. The number of nitrogens with one attached hydrogen (secondary N) is 1. The number of benzene rings is 2. The fourth-order valence-corrected chi connectivity index (χ4v) is 3.11. The lowest BCUT2D eigenvalue weighted by molar-refractivity contribution is 0.0955. The zero-order valence-electron chi connectivity index (χ0n) is 15.6. The van der Waals surface area contributed by atoms with Crippen LogP contribution in [0.5, 0.6) is 0 Å². The Labute approximate surface area is 154 Å². The van der Waals surface area contributed by atoms with Crippen molar-refractivity contribution in [3.63, 3.8) is 0 Å². The second kappa shape index (κ2) is 7.40. The van der Waals surface area contributed by atoms with Crippen LogP contribution in [0.2, 0.25) is 0 Å². The van der Waals surface area contributed by atoms with Crippen LogP contribution in [0.1, 0.15) is 38.4 Å². The molecule has 1 N–H and O–H groups in total. The van der Waals surface area contributed by atoms with Crippen molar-refractivity contribution in [2.24, 2.45) is 5.10 Å². The van der Waals surface area contributed by atoms with Gasteiger partial charge in [-0.25, -0.2) is 5.43 Å². The van der Waals surface area contributed by atoms with Gasteiger partial charge in [0.1, 0.15) is 0 Å². The molecule has 0 bridgehead atoms. The lowest BCUT2D eigenvalue weighted by Crippen LogP contribution is -2.17. The molecule has 26 heavy (non-hydrogen) atoms. The first-order chi connectivity index (χ1) is 12.5. The Morgan fingerprint density at radius 2 is 1.77 bits per heavy atom. The quantitative estimate of drug-likeness (QED) is 0.550. The highest BCUT2D eigenvalue weighted by Crippen LogP contribution is 2.22. The molecule has 0 saturated heterocycles. The van der Waals surface area contributed by atoms with Crippen LogP contribution in [-0.2, 0) is 0 Å². The Morgan fingerprint density at radius 3 is 2.50 bits per heavy atom. The molecule has 0 fully saturated rings. The van der Waals surface area contributed by atoms with Crippen LogP contribution < -0.4 is 5.43 Å². The summed E-state index contributed by atoms with van der Waals surface area (Å²) in [5.74, 6) is -0.210. The van der Waals surface area contributed by atoms with Crippen molar-refractivity contribution in [3.8, 4) is 5.69 Å². The third-order valence-corrected chi connectivity index (χ3v) is 4.48. The lowest BCUT2D eigenvalue weighted by Gasteiger charge is -2.12. The molecular formula is C22H23N3O. The normalized spacial score (nSPS) is 11.1. The summed E-state index contributed by atoms with van der Waals surface area (Å²) < 4.78 is 2.21. The first-order valence-electron chi connectivity index (χ1n) is 8.62. The zero-order chi connectivity index (χ0) is 18.7. The van der Waals surface area contributed by atoms with E-state index >= 15 is 0 Å². The predicted octanol–water partition coefficient (Wildman–Crippen LogP) is 4.47. The maximum atomic E-state index is 12.2. The van der Waals surface area contributed by atoms with Crippen LogP contribution in [0, 0.1) is 27.7 Å². The zero-order valence-corrected chi connectivity index (χ0v) is 15.6. The van der Waals surface area contributed by atoms with Gasteiger partial charge >= 0.3 is 0 Å². The average molecular weight is 345 g/mol. The van der Waals surface area contributed by atoms with Gasteiger partial charge in [0.05, 0.1) is 6.21 Å². The Morgan fingerprint density at radius 1 is 1.00 bits per heavy atom. The van der Waals surface area contributed by atoms with Gasteiger partial charge in [-0.2, -0.15) is 5.10 Å². The number of carbonyl (C=O) groups is 1. The summed E-state index contributed by atoms with van der Waals surface area (Å²) in [7, 11) is 0. The molecule has 0 aliphatic rings. The number of hydrazone groups is 1. The first kappa shape index (κ1) is 17.7. The van der Waals surface area contributed by atoms with Crippen LogP contribution in [0.4, 0.5) is 0 Å². The maximum Gasteiger partial charge on any atom is 0.271 e. The highest BCUT2D eigenvalue weighted by Gasteiger charge is 2.11. The highest BCUT2D eigenvalue weighted by atomic mass is 16.2. The van der Waals surface area contributed by atoms with E-state index in [4.69, 9.17) is 0 Å². The van der Waals surface area contributed by atoms with Gasteiger partial charge in [-0.3, -0.25) is 4.79 Å². The molecule has 1 aromatic heterocycles. The molecule has 1 amide bonds. The summed E-state index contributed by atoms with van der Waals surface area (Å²) in [6.07, 6.45) is 1.70. The summed E-state index contributed by atoms with van der Waals surface area (Å²) in [6.45, 7) is 8.19. The van der Waals surface area contributed by atoms with Crippen molar-refractivity contribution in [1.29, 1.82) is 0 Å². The molecule has 2 aromatic carbocycles. The van der Waals surface area contributed by atoms with E-state index in [-0.39, 0.29) is 5.91 Å². The van der Waals surface area contributed by atoms with Crippen molar-refractivity contribution >= 4 is 12.1 Å². The number of amides is 1. The van der Waals surface area contributed by atoms with Crippen molar-refractivity contribution < 1.29 is 4.79 Å². The van der Waals surface area contributed by atoms with E-state index in [0.717, 1.165) is 28.2 Å². The van der Waals surface area contributed by atoms with Gasteiger partial charge in [-0.15, -0.1) is 0 Å². The minimum absolute atomic E-state index is 0.210. The SMILES string of the molecule is Cc1cccc(C(=O)N/N=C\c2cc(C)n(-c3ccccc3C)c2C)c1. The summed E-state index contributed by atoms with van der Waals surface area (Å²) in [4.78, 5) is 12.2. The van der Waals surface area contributed by atoms with Gasteiger partial charge in [-0.1, -0.05) is 35.9 Å². The van der Waals surface area contributed by atoms with Crippen LogP contribution in [-0.4, -0.2) is 16.7 Å². The van der Waals surface area contributed by atoms with E-state index in [1.807, 2.05) is 37.3 Å². The number of hydrogen-bond donors (Lipinski definition) is 1. The molecule has 4 heteroatoms. The topological polar surface area (TPSA) is 46.4 Å². The molecule has 0 spiro atoms. The molecule has 0 unspecified atom stereocenters. The molecule has 0 aliphatic heterocycles. The number of aryl methyl sites for hydroxylation is 3. The summed E-state index contributed by atoms with van der Waals surface area (Å²) in [5.41, 5.74) is 9.82. The molecular weight excluding hydrogens is 322 g/mol. The van der Waals surface area contributed by atoms with Gasteiger partial charge in [0.15, 0.2) is 0 Å². The molecule has 4 nitrogen and oxygen atoms in total. The van der Waals surface area contributed by atoms with E-state index in [0.29, 0.717) is 5.56 Å². The molecule has 3 rings (SSSR count). The second-order valence-electron chi connectivity index (χ2n) is 6.52. The monoisotopic (exact) mass is 345 g/mol. The van der Waals surface area contributed by atoms with Crippen molar-refractivity contribution in [3.05, 3.63) is 88.2 Å². The second-order valence-corrected chi connectivity index (χ2v) is 6.52.